The third-order valence-corrected chi connectivity index (χ3v) is 5.59. The van der Waals surface area contributed by atoms with Gasteiger partial charge >= 0.3 is 7.60 Å². The largest absolute Gasteiger partial charge is 0.462 e. The zero-order chi connectivity index (χ0) is 18.4. The minimum absolute atomic E-state index is 0.450. The molecule has 0 atom stereocenters. The van der Waals surface area contributed by atoms with Crippen molar-refractivity contribution < 1.29 is 13.6 Å². The van der Waals surface area contributed by atoms with Gasteiger partial charge in [-0.05, 0) is 24.3 Å². The van der Waals surface area contributed by atoms with Crippen LogP contribution in [0.25, 0.3) is 12.2 Å². The molecule has 0 aliphatic heterocycles. The molecule has 0 bridgehead atoms. The summed E-state index contributed by atoms with van der Waals surface area (Å²) >= 11 is 0. The summed E-state index contributed by atoms with van der Waals surface area (Å²) < 4.78 is 25.7. The Bertz CT molecular complexity index is 906. The van der Waals surface area contributed by atoms with Crippen LogP contribution in [0.5, 0.6) is 11.5 Å². The van der Waals surface area contributed by atoms with E-state index in [0.717, 1.165) is 11.1 Å². The van der Waals surface area contributed by atoms with E-state index >= 15 is 0 Å². The number of rotatable bonds is 7. The fourth-order valence-corrected chi connectivity index (χ4v) is 4.09. The van der Waals surface area contributed by atoms with Crippen LogP contribution in [0, 0.1) is 0 Å². The lowest BCUT2D eigenvalue weighted by Gasteiger charge is -2.22. The van der Waals surface area contributed by atoms with Gasteiger partial charge in [-0.15, -0.1) is 0 Å². The van der Waals surface area contributed by atoms with E-state index in [9.17, 15) is 4.57 Å². The van der Waals surface area contributed by atoms with Gasteiger partial charge in [0.25, 0.3) is 0 Å². The quantitative estimate of drug-likeness (QED) is 0.487. The minimum Gasteiger partial charge on any atom is -0.412 e. The van der Waals surface area contributed by atoms with Crippen LogP contribution >= 0.6 is 7.60 Å². The van der Waals surface area contributed by atoms with Crippen molar-refractivity contribution in [2.75, 3.05) is 0 Å². The first-order valence-corrected chi connectivity index (χ1v) is 9.68. The highest BCUT2D eigenvalue weighted by Crippen LogP contribution is 2.49. The summed E-state index contributed by atoms with van der Waals surface area (Å²) in [4.78, 5) is 0. The molecule has 0 unspecified atom stereocenters. The molecule has 3 nitrogen and oxygen atoms in total. The second kappa shape index (κ2) is 7.90. The molecule has 0 radical (unpaired) electrons. The number of para-hydroxylation sites is 2. The van der Waals surface area contributed by atoms with Crippen LogP contribution in [-0.4, -0.2) is 0 Å². The predicted octanol–water partition coefficient (Wildman–Crippen LogP) is 5.95. The van der Waals surface area contributed by atoms with Crippen LogP contribution in [0.15, 0.2) is 92.0 Å². The Hall–Kier alpha value is -3.03. The van der Waals surface area contributed by atoms with E-state index < -0.39 is 7.60 Å². The van der Waals surface area contributed by atoms with Gasteiger partial charge in [-0.2, -0.15) is 0 Å². The zero-order valence-corrected chi connectivity index (χ0v) is 15.1. The van der Waals surface area contributed by atoms with Crippen molar-refractivity contribution in [2.45, 2.75) is 0 Å². The number of benzene rings is 3. The van der Waals surface area contributed by atoms with Crippen molar-refractivity contribution in [3.63, 3.8) is 0 Å². The molecule has 130 valence electrons. The van der Waals surface area contributed by atoms with Crippen LogP contribution in [-0.2, 0) is 4.57 Å². The molecule has 0 amide bonds. The molecule has 0 N–H and O–H groups in total. The summed E-state index contributed by atoms with van der Waals surface area (Å²) in [6.45, 7) is 7.56. The van der Waals surface area contributed by atoms with Crippen molar-refractivity contribution in [1.29, 1.82) is 0 Å². The van der Waals surface area contributed by atoms with Crippen LogP contribution in [0.3, 0.4) is 0 Å². The highest BCUT2D eigenvalue weighted by atomic mass is 31.2. The molecule has 0 saturated heterocycles. The maximum Gasteiger partial charge on any atom is 0.462 e. The van der Waals surface area contributed by atoms with Crippen LogP contribution in [0.2, 0.25) is 0 Å². The first-order chi connectivity index (χ1) is 12.7. The second-order valence-corrected chi connectivity index (χ2v) is 7.38. The summed E-state index contributed by atoms with van der Waals surface area (Å²) in [5.74, 6) is 0.900. The molecule has 3 aromatic carbocycles. The van der Waals surface area contributed by atoms with Crippen LogP contribution in [0.1, 0.15) is 11.1 Å². The number of hydrogen-bond donors (Lipinski definition) is 0. The molecule has 0 fully saturated rings. The molecule has 26 heavy (non-hydrogen) atoms. The Morgan fingerprint density at radius 2 is 1.08 bits per heavy atom. The van der Waals surface area contributed by atoms with Crippen molar-refractivity contribution >= 4 is 25.1 Å². The third-order valence-electron chi connectivity index (χ3n) is 3.79. The van der Waals surface area contributed by atoms with Crippen molar-refractivity contribution in [2.24, 2.45) is 0 Å². The van der Waals surface area contributed by atoms with Gasteiger partial charge in [0.2, 0.25) is 0 Å². The molecule has 4 heteroatoms. The predicted molar refractivity (Wildman–Crippen MR) is 108 cm³/mol. The Balaban J connectivity index is 2.07. The summed E-state index contributed by atoms with van der Waals surface area (Å²) in [6, 6.07) is 23.4. The Morgan fingerprint density at radius 3 is 1.54 bits per heavy atom. The highest BCUT2D eigenvalue weighted by Gasteiger charge is 2.32. The summed E-state index contributed by atoms with van der Waals surface area (Å²) in [5.41, 5.74) is 1.48. The standard InChI is InChI=1S/C22H19O3P/c1-3-18-12-8-10-16-21(18)24-26(23,20-14-6-5-7-15-20)25-22-17-11-9-13-19(22)4-2/h3-17H,1-2H2. The van der Waals surface area contributed by atoms with Gasteiger partial charge in [0.1, 0.15) is 11.5 Å². The van der Waals surface area contributed by atoms with Gasteiger partial charge < -0.3 is 9.05 Å². The molecule has 0 heterocycles. The van der Waals surface area contributed by atoms with Gasteiger partial charge in [0.15, 0.2) is 0 Å². The zero-order valence-electron chi connectivity index (χ0n) is 14.2. The fraction of sp³-hybridized carbons (Fsp3) is 0. The van der Waals surface area contributed by atoms with Crippen molar-refractivity contribution in [3.05, 3.63) is 103 Å². The second-order valence-electron chi connectivity index (χ2n) is 5.50. The van der Waals surface area contributed by atoms with Gasteiger partial charge in [0.05, 0.1) is 5.30 Å². The lowest BCUT2D eigenvalue weighted by molar-refractivity contribution is 0.398. The summed E-state index contributed by atoms with van der Waals surface area (Å²) in [7, 11) is -3.69. The maximum absolute atomic E-state index is 13.8. The van der Waals surface area contributed by atoms with Gasteiger partial charge in [-0.1, -0.05) is 79.9 Å². The lowest BCUT2D eigenvalue weighted by Crippen LogP contribution is -2.15. The normalized spacial score (nSPS) is 10.8. The molecule has 0 aliphatic rings. The monoisotopic (exact) mass is 362 g/mol. The molecule has 0 aliphatic carbocycles. The summed E-state index contributed by atoms with van der Waals surface area (Å²) in [5, 5.41) is 0.470. The first-order valence-electron chi connectivity index (χ1n) is 8.14. The fourth-order valence-electron chi connectivity index (χ4n) is 2.46. The van der Waals surface area contributed by atoms with E-state index in [2.05, 4.69) is 13.2 Å². The lowest BCUT2D eigenvalue weighted by atomic mass is 10.2. The van der Waals surface area contributed by atoms with E-state index in [1.807, 2.05) is 42.5 Å². The Morgan fingerprint density at radius 1 is 0.654 bits per heavy atom. The Kier molecular flexibility index (Phi) is 5.40. The average molecular weight is 362 g/mol. The Labute approximate surface area is 153 Å². The van der Waals surface area contributed by atoms with Crippen LogP contribution in [0.4, 0.5) is 0 Å². The van der Waals surface area contributed by atoms with Gasteiger partial charge in [-0.25, -0.2) is 4.57 Å². The number of hydrogen-bond acceptors (Lipinski definition) is 3. The average Bonchev–Trinajstić information content (AvgIpc) is 2.69. The molecule has 0 aromatic heterocycles. The highest BCUT2D eigenvalue weighted by molar-refractivity contribution is 7.63. The van der Waals surface area contributed by atoms with Crippen LogP contribution < -0.4 is 14.4 Å². The summed E-state index contributed by atoms with van der Waals surface area (Å²) in [6.07, 6.45) is 3.31. The van der Waals surface area contributed by atoms with E-state index in [1.54, 1.807) is 48.6 Å². The molecule has 3 aromatic rings. The van der Waals surface area contributed by atoms with E-state index in [0.29, 0.717) is 16.8 Å². The van der Waals surface area contributed by atoms with Gasteiger partial charge in [-0.3, -0.25) is 0 Å². The van der Waals surface area contributed by atoms with E-state index in [-0.39, 0.29) is 0 Å². The molecule has 0 saturated carbocycles. The first kappa shape index (κ1) is 17.8. The maximum atomic E-state index is 13.8. The molecule has 3 rings (SSSR count). The minimum atomic E-state index is -3.69. The molecular weight excluding hydrogens is 343 g/mol. The third kappa shape index (κ3) is 3.79. The van der Waals surface area contributed by atoms with Crippen molar-refractivity contribution in [1.82, 2.24) is 0 Å². The molecular formula is C22H19O3P. The van der Waals surface area contributed by atoms with Crippen molar-refractivity contribution in [3.8, 4) is 11.5 Å². The topological polar surface area (TPSA) is 35.5 Å². The smallest absolute Gasteiger partial charge is 0.412 e. The molecule has 0 spiro atoms. The van der Waals surface area contributed by atoms with E-state index in [1.165, 1.54) is 0 Å². The van der Waals surface area contributed by atoms with Gasteiger partial charge in [0, 0.05) is 11.1 Å². The SMILES string of the molecule is C=Cc1ccccc1OP(=O)(Oc1ccccc1C=C)c1ccccc1. The van der Waals surface area contributed by atoms with E-state index in [4.69, 9.17) is 9.05 Å².